The fraction of sp³-hybridized carbons (Fsp3) is 0.190. The van der Waals surface area contributed by atoms with E-state index in [-0.39, 0.29) is 27.8 Å². The quantitative estimate of drug-likeness (QED) is 0.511. The van der Waals surface area contributed by atoms with E-state index in [1.807, 2.05) is 0 Å². The topological polar surface area (TPSA) is 107 Å². The average Bonchev–Trinajstić information content (AvgIpc) is 3.40. The second-order valence-corrected chi connectivity index (χ2v) is 8.05. The fourth-order valence-electron chi connectivity index (χ4n) is 3.22. The van der Waals surface area contributed by atoms with Gasteiger partial charge in [0.25, 0.3) is 0 Å². The standard InChI is InChI=1S/C21H16ClFN2O6S/c1-2-29-19(26)15-12(24-21(28)25-17(15)13-4-3-7-30-13)9-31-20(27)18-16(22)11-6-5-10(23)8-14(11)32-18/h3-8,17H,2,9H2,1H3,(H2,24,25,28). The molecule has 11 heteroatoms. The monoisotopic (exact) mass is 478 g/mol. The van der Waals surface area contributed by atoms with Crippen molar-refractivity contribution >= 4 is 51.0 Å². The molecule has 0 spiro atoms. The summed E-state index contributed by atoms with van der Waals surface area (Å²) >= 11 is 7.25. The number of halogens is 2. The van der Waals surface area contributed by atoms with Crippen molar-refractivity contribution in [2.45, 2.75) is 13.0 Å². The molecule has 0 saturated heterocycles. The van der Waals surface area contributed by atoms with Gasteiger partial charge < -0.3 is 24.5 Å². The zero-order chi connectivity index (χ0) is 22.8. The molecule has 0 saturated carbocycles. The number of fused-ring (bicyclic) bond motifs is 1. The SMILES string of the molecule is CCOC(=O)C1=C(COC(=O)c2sc3cc(F)ccc3c2Cl)NC(=O)NC1c1ccco1. The van der Waals surface area contributed by atoms with Gasteiger partial charge in [-0.3, -0.25) is 0 Å². The van der Waals surface area contributed by atoms with Gasteiger partial charge >= 0.3 is 18.0 Å². The molecular formula is C21H16ClFN2O6S. The van der Waals surface area contributed by atoms with E-state index in [1.54, 1.807) is 19.1 Å². The van der Waals surface area contributed by atoms with Crippen LogP contribution in [0.2, 0.25) is 5.02 Å². The molecule has 0 aliphatic carbocycles. The summed E-state index contributed by atoms with van der Waals surface area (Å²) in [6.07, 6.45) is 1.40. The van der Waals surface area contributed by atoms with Gasteiger partial charge in [-0.15, -0.1) is 11.3 Å². The van der Waals surface area contributed by atoms with E-state index in [9.17, 15) is 18.8 Å². The summed E-state index contributed by atoms with van der Waals surface area (Å²) in [5, 5.41) is 5.73. The first-order valence-corrected chi connectivity index (χ1v) is 10.6. The van der Waals surface area contributed by atoms with Crippen molar-refractivity contribution in [1.82, 2.24) is 10.6 Å². The third-order valence-corrected chi connectivity index (χ3v) is 6.24. The predicted molar refractivity (Wildman–Crippen MR) is 114 cm³/mol. The third kappa shape index (κ3) is 4.19. The number of furan rings is 1. The molecule has 1 atom stereocenters. The van der Waals surface area contributed by atoms with E-state index in [1.165, 1.54) is 24.5 Å². The number of ether oxygens (including phenoxy) is 2. The Balaban J connectivity index is 1.63. The van der Waals surface area contributed by atoms with Gasteiger partial charge in [0.1, 0.15) is 29.1 Å². The molecule has 8 nitrogen and oxygen atoms in total. The van der Waals surface area contributed by atoms with Crippen LogP contribution in [0.3, 0.4) is 0 Å². The number of hydrogen-bond donors (Lipinski definition) is 2. The lowest BCUT2D eigenvalue weighted by Gasteiger charge is -2.27. The van der Waals surface area contributed by atoms with E-state index in [0.717, 1.165) is 11.3 Å². The molecule has 1 aliphatic rings. The Morgan fingerprint density at radius 3 is 2.78 bits per heavy atom. The maximum absolute atomic E-state index is 13.5. The molecule has 4 rings (SSSR count). The molecule has 3 heterocycles. The van der Waals surface area contributed by atoms with Crippen molar-refractivity contribution in [3.63, 3.8) is 0 Å². The molecule has 0 fully saturated rings. The molecule has 0 radical (unpaired) electrons. The zero-order valence-electron chi connectivity index (χ0n) is 16.6. The highest BCUT2D eigenvalue weighted by Gasteiger charge is 2.36. The Hall–Kier alpha value is -3.37. The number of benzene rings is 1. The van der Waals surface area contributed by atoms with Gasteiger partial charge in [0.15, 0.2) is 0 Å². The average molecular weight is 479 g/mol. The van der Waals surface area contributed by atoms with Crippen molar-refractivity contribution in [3.8, 4) is 0 Å². The van der Waals surface area contributed by atoms with Gasteiger partial charge in [0, 0.05) is 10.1 Å². The zero-order valence-corrected chi connectivity index (χ0v) is 18.1. The minimum atomic E-state index is -0.928. The van der Waals surface area contributed by atoms with Crippen LogP contribution >= 0.6 is 22.9 Å². The van der Waals surface area contributed by atoms with Crippen molar-refractivity contribution in [1.29, 1.82) is 0 Å². The maximum Gasteiger partial charge on any atom is 0.350 e. The maximum atomic E-state index is 13.5. The molecule has 2 aromatic heterocycles. The number of rotatable bonds is 6. The van der Waals surface area contributed by atoms with Crippen LogP contribution in [0.25, 0.3) is 10.1 Å². The number of amides is 2. The van der Waals surface area contributed by atoms with Crippen LogP contribution in [-0.4, -0.2) is 31.2 Å². The lowest BCUT2D eigenvalue weighted by atomic mass is 10.0. The minimum Gasteiger partial charge on any atom is -0.467 e. The van der Waals surface area contributed by atoms with Crippen molar-refractivity contribution in [2.75, 3.05) is 13.2 Å². The molecule has 1 aliphatic heterocycles. The van der Waals surface area contributed by atoms with Gasteiger partial charge in [-0.1, -0.05) is 11.6 Å². The number of esters is 2. The summed E-state index contributed by atoms with van der Waals surface area (Å²) in [6, 6.07) is 5.65. The normalized spacial score (nSPS) is 16.0. The van der Waals surface area contributed by atoms with E-state index in [2.05, 4.69) is 10.6 Å². The number of carbonyl (C=O) groups excluding carboxylic acids is 3. The Labute approximate surface area is 189 Å². The van der Waals surface area contributed by atoms with Crippen LogP contribution in [0.1, 0.15) is 28.4 Å². The van der Waals surface area contributed by atoms with E-state index < -0.39 is 36.4 Å². The number of urea groups is 1. The van der Waals surface area contributed by atoms with Crippen molar-refractivity contribution in [2.24, 2.45) is 0 Å². The van der Waals surface area contributed by atoms with Crippen LogP contribution in [0.5, 0.6) is 0 Å². The molecule has 1 aromatic carbocycles. The van der Waals surface area contributed by atoms with Gasteiger partial charge in [0.2, 0.25) is 0 Å². The summed E-state index contributed by atoms with van der Waals surface area (Å²) in [5.41, 5.74) is 0.0870. The number of carbonyl (C=O) groups is 3. The highest BCUT2D eigenvalue weighted by Crippen LogP contribution is 2.36. The van der Waals surface area contributed by atoms with Gasteiger partial charge in [-0.05, 0) is 37.3 Å². The van der Waals surface area contributed by atoms with Gasteiger partial charge in [-0.2, -0.15) is 0 Å². The Bertz CT molecular complexity index is 1240. The van der Waals surface area contributed by atoms with Crippen LogP contribution in [0.15, 0.2) is 52.3 Å². The molecule has 2 amide bonds. The van der Waals surface area contributed by atoms with E-state index in [4.69, 9.17) is 25.5 Å². The van der Waals surface area contributed by atoms with Crippen LogP contribution in [0.4, 0.5) is 9.18 Å². The third-order valence-electron chi connectivity index (χ3n) is 4.60. The first-order valence-electron chi connectivity index (χ1n) is 9.44. The van der Waals surface area contributed by atoms with Gasteiger partial charge in [0.05, 0.1) is 29.2 Å². The molecule has 2 N–H and O–H groups in total. The van der Waals surface area contributed by atoms with Crippen molar-refractivity contribution in [3.05, 3.63) is 69.3 Å². The number of thiophene rings is 1. The first kappa shape index (κ1) is 21.8. The highest BCUT2D eigenvalue weighted by atomic mass is 35.5. The highest BCUT2D eigenvalue weighted by molar-refractivity contribution is 7.21. The summed E-state index contributed by atoms with van der Waals surface area (Å²) < 4.78 is 29.8. The summed E-state index contributed by atoms with van der Waals surface area (Å²) in [7, 11) is 0. The Kier molecular flexibility index (Phi) is 6.15. The lowest BCUT2D eigenvalue weighted by Crippen LogP contribution is -2.47. The fourth-order valence-corrected chi connectivity index (χ4v) is 4.65. The summed E-state index contributed by atoms with van der Waals surface area (Å²) in [4.78, 5) is 37.6. The van der Waals surface area contributed by atoms with Gasteiger partial charge in [-0.25, -0.2) is 18.8 Å². The lowest BCUT2D eigenvalue weighted by molar-refractivity contribution is -0.139. The molecule has 1 unspecified atom stereocenters. The molecular weight excluding hydrogens is 463 g/mol. The van der Waals surface area contributed by atoms with Crippen molar-refractivity contribution < 1.29 is 32.7 Å². The number of hydrogen-bond acceptors (Lipinski definition) is 7. The summed E-state index contributed by atoms with van der Waals surface area (Å²) in [6.45, 7) is 1.31. The second kappa shape index (κ2) is 9.01. The molecule has 3 aromatic rings. The smallest absolute Gasteiger partial charge is 0.350 e. The molecule has 32 heavy (non-hydrogen) atoms. The Morgan fingerprint density at radius 2 is 2.06 bits per heavy atom. The number of nitrogens with one attached hydrogen (secondary N) is 2. The first-order chi connectivity index (χ1) is 15.4. The molecule has 0 bridgehead atoms. The molecule has 166 valence electrons. The second-order valence-electron chi connectivity index (χ2n) is 6.62. The largest absolute Gasteiger partial charge is 0.467 e. The van der Waals surface area contributed by atoms with Crippen LogP contribution in [-0.2, 0) is 14.3 Å². The Morgan fingerprint density at radius 1 is 1.25 bits per heavy atom. The van der Waals surface area contributed by atoms with E-state index in [0.29, 0.717) is 15.8 Å². The van der Waals surface area contributed by atoms with E-state index >= 15 is 0 Å². The summed E-state index contributed by atoms with van der Waals surface area (Å²) in [5.74, 6) is -1.64. The van der Waals surface area contributed by atoms with Crippen LogP contribution < -0.4 is 10.6 Å². The predicted octanol–water partition coefficient (Wildman–Crippen LogP) is 4.31. The van der Waals surface area contributed by atoms with Crippen LogP contribution in [0, 0.1) is 5.82 Å². The minimum absolute atomic E-state index is 0.0405.